The van der Waals surface area contributed by atoms with Gasteiger partial charge in [0.05, 0.1) is 5.41 Å². The molecule has 4 aliphatic rings. The zero-order valence-corrected chi connectivity index (χ0v) is 18.2. The van der Waals surface area contributed by atoms with Crippen molar-refractivity contribution in [1.82, 2.24) is 19.0 Å². The number of aromatic nitrogens is 2. The molecule has 0 atom stereocenters. The number of piperidine rings is 1. The highest BCUT2D eigenvalue weighted by Crippen LogP contribution is 2.57. The lowest BCUT2D eigenvalue weighted by atomic mass is 10.0. The molecule has 1 spiro atoms. The van der Waals surface area contributed by atoms with Crippen LogP contribution in [0.15, 0.2) is 6.20 Å². The van der Waals surface area contributed by atoms with Crippen LogP contribution in [0.3, 0.4) is 0 Å². The van der Waals surface area contributed by atoms with Gasteiger partial charge in [0.1, 0.15) is 5.82 Å². The van der Waals surface area contributed by atoms with Crippen molar-refractivity contribution in [3.05, 3.63) is 11.8 Å². The van der Waals surface area contributed by atoms with E-state index >= 15 is 0 Å². The van der Waals surface area contributed by atoms with Gasteiger partial charge in [-0.1, -0.05) is 19.8 Å². The minimum atomic E-state index is -3.39. The van der Waals surface area contributed by atoms with E-state index in [1.165, 1.54) is 17.1 Å². The Bertz CT molecular complexity index is 934. The second kappa shape index (κ2) is 7.42. The Labute approximate surface area is 177 Å². The standard InChI is InChI=1S/C20H30N6O3S/c1-2-22-30(28,29)25-11-7-14(8-12-25)23-19-21-13-16-17(24-19)26(15-5-3-4-6-15)18(27)20(16)9-10-20/h13-15,22H,2-12H2,1H3,(H,21,23,24). The number of hydrogen-bond acceptors (Lipinski definition) is 6. The summed E-state index contributed by atoms with van der Waals surface area (Å²) in [4.78, 5) is 24.5. The van der Waals surface area contributed by atoms with Crippen molar-refractivity contribution in [2.45, 2.75) is 75.8 Å². The Hall–Kier alpha value is -1.78. The largest absolute Gasteiger partial charge is 0.351 e. The van der Waals surface area contributed by atoms with Crippen molar-refractivity contribution in [2.24, 2.45) is 0 Å². The number of anilines is 2. The van der Waals surface area contributed by atoms with E-state index in [2.05, 4.69) is 15.0 Å². The molecule has 1 aromatic rings. The summed E-state index contributed by atoms with van der Waals surface area (Å²) >= 11 is 0. The number of fused-ring (bicyclic) bond motifs is 2. The molecule has 9 nitrogen and oxygen atoms in total. The summed E-state index contributed by atoms with van der Waals surface area (Å²) in [5, 5.41) is 3.39. The predicted octanol–water partition coefficient (Wildman–Crippen LogP) is 1.53. The lowest BCUT2D eigenvalue weighted by Gasteiger charge is -2.31. The number of rotatable bonds is 6. The normalized spacial score (nSPS) is 24.6. The molecule has 0 bridgehead atoms. The van der Waals surface area contributed by atoms with Gasteiger partial charge in [-0.05, 0) is 38.5 Å². The van der Waals surface area contributed by atoms with Gasteiger partial charge in [-0.15, -0.1) is 0 Å². The van der Waals surface area contributed by atoms with Gasteiger partial charge in [0.15, 0.2) is 0 Å². The molecule has 164 valence electrons. The third-order valence-electron chi connectivity index (χ3n) is 7.03. The van der Waals surface area contributed by atoms with Gasteiger partial charge in [-0.3, -0.25) is 9.69 Å². The summed E-state index contributed by atoms with van der Waals surface area (Å²) in [5.74, 6) is 1.56. The highest BCUT2D eigenvalue weighted by atomic mass is 32.2. The average Bonchev–Trinajstić information content (AvgIpc) is 3.29. The van der Waals surface area contributed by atoms with Crippen LogP contribution in [0, 0.1) is 0 Å². The molecule has 5 rings (SSSR count). The summed E-state index contributed by atoms with van der Waals surface area (Å²) in [6, 6.07) is 0.376. The Morgan fingerprint density at radius 3 is 2.50 bits per heavy atom. The Kier molecular flexibility index (Phi) is 4.98. The van der Waals surface area contributed by atoms with Crippen LogP contribution >= 0.6 is 0 Å². The number of hydrogen-bond donors (Lipinski definition) is 2. The van der Waals surface area contributed by atoms with Crippen molar-refractivity contribution < 1.29 is 13.2 Å². The zero-order valence-electron chi connectivity index (χ0n) is 17.4. The highest BCUT2D eigenvalue weighted by Gasteiger charge is 2.61. The molecule has 0 radical (unpaired) electrons. The number of carbonyl (C=O) groups is 1. The SMILES string of the molecule is CCNS(=O)(=O)N1CCC(Nc2ncc3c(n2)N(C2CCCC2)C(=O)C32CC2)CC1. The second-order valence-corrected chi connectivity index (χ2v) is 10.7. The lowest BCUT2D eigenvalue weighted by Crippen LogP contribution is -2.47. The first-order chi connectivity index (χ1) is 14.4. The van der Waals surface area contributed by atoms with Crippen LogP contribution in [-0.2, 0) is 20.4 Å². The van der Waals surface area contributed by atoms with Crippen LogP contribution < -0.4 is 14.9 Å². The topological polar surface area (TPSA) is 108 Å². The van der Waals surface area contributed by atoms with E-state index in [1.807, 2.05) is 11.1 Å². The first-order valence-corrected chi connectivity index (χ1v) is 12.6. The maximum absolute atomic E-state index is 13.2. The van der Waals surface area contributed by atoms with E-state index in [0.717, 1.165) is 37.1 Å². The van der Waals surface area contributed by atoms with Crippen molar-refractivity contribution in [3.63, 3.8) is 0 Å². The fourth-order valence-corrected chi connectivity index (χ4v) is 6.45. The average molecular weight is 435 g/mol. The third kappa shape index (κ3) is 3.29. The van der Waals surface area contributed by atoms with Crippen LogP contribution in [0.25, 0.3) is 0 Å². The first-order valence-electron chi connectivity index (χ1n) is 11.2. The molecule has 1 aromatic heterocycles. The maximum atomic E-state index is 13.2. The molecule has 1 saturated heterocycles. The Morgan fingerprint density at radius 1 is 1.17 bits per heavy atom. The summed E-state index contributed by atoms with van der Waals surface area (Å²) in [6.07, 6.45) is 9.46. The number of amides is 1. The molecule has 10 heteroatoms. The Balaban J connectivity index is 1.30. The summed E-state index contributed by atoms with van der Waals surface area (Å²) in [5.41, 5.74) is 0.638. The molecule has 2 aliphatic heterocycles. The van der Waals surface area contributed by atoms with Gasteiger partial charge in [0.25, 0.3) is 10.2 Å². The molecule has 2 aliphatic carbocycles. The zero-order chi connectivity index (χ0) is 20.9. The quantitative estimate of drug-likeness (QED) is 0.703. The van der Waals surface area contributed by atoms with Crippen LogP contribution in [0.4, 0.5) is 11.8 Å². The molecule has 30 heavy (non-hydrogen) atoms. The fraction of sp³-hybridized carbons (Fsp3) is 0.750. The summed E-state index contributed by atoms with van der Waals surface area (Å²) < 4.78 is 28.4. The van der Waals surface area contributed by atoms with Crippen molar-refractivity contribution in [1.29, 1.82) is 0 Å². The van der Waals surface area contributed by atoms with E-state index in [4.69, 9.17) is 4.98 Å². The van der Waals surface area contributed by atoms with Gasteiger partial charge in [0, 0.05) is 43.5 Å². The smallest absolute Gasteiger partial charge is 0.279 e. The molecule has 3 heterocycles. The number of carbonyl (C=O) groups excluding carboxylic acids is 1. The molecule has 0 aromatic carbocycles. The van der Waals surface area contributed by atoms with E-state index < -0.39 is 10.2 Å². The molecule has 1 amide bonds. The summed E-state index contributed by atoms with van der Waals surface area (Å²) in [6.45, 7) is 3.10. The molecular weight excluding hydrogens is 404 g/mol. The minimum absolute atomic E-state index is 0.114. The molecule has 3 fully saturated rings. The molecule has 2 N–H and O–H groups in total. The molecule has 2 saturated carbocycles. The maximum Gasteiger partial charge on any atom is 0.279 e. The molecular formula is C20H30N6O3S. The third-order valence-corrected chi connectivity index (χ3v) is 8.73. The lowest BCUT2D eigenvalue weighted by molar-refractivity contribution is -0.120. The van der Waals surface area contributed by atoms with Gasteiger partial charge in [-0.25, -0.2) is 9.71 Å². The van der Waals surface area contributed by atoms with Gasteiger partial charge in [0.2, 0.25) is 11.9 Å². The van der Waals surface area contributed by atoms with Crippen LogP contribution in [0.5, 0.6) is 0 Å². The van der Waals surface area contributed by atoms with Crippen LogP contribution in [0.1, 0.15) is 63.9 Å². The van der Waals surface area contributed by atoms with E-state index in [9.17, 15) is 13.2 Å². The first kappa shape index (κ1) is 20.1. The fourth-order valence-electron chi connectivity index (χ4n) is 5.21. The number of nitrogens with one attached hydrogen (secondary N) is 2. The van der Waals surface area contributed by atoms with Crippen molar-refractivity contribution >= 4 is 27.9 Å². The van der Waals surface area contributed by atoms with Crippen molar-refractivity contribution in [2.75, 3.05) is 29.9 Å². The van der Waals surface area contributed by atoms with E-state index in [-0.39, 0.29) is 23.4 Å². The minimum Gasteiger partial charge on any atom is -0.351 e. The second-order valence-electron chi connectivity index (χ2n) is 8.95. The van der Waals surface area contributed by atoms with Crippen LogP contribution in [0.2, 0.25) is 0 Å². The van der Waals surface area contributed by atoms with Gasteiger partial charge >= 0.3 is 0 Å². The van der Waals surface area contributed by atoms with E-state index in [0.29, 0.717) is 38.4 Å². The number of nitrogens with zero attached hydrogens (tertiary/aromatic N) is 4. The van der Waals surface area contributed by atoms with Crippen molar-refractivity contribution in [3.8, 4) is 0 Å². The highest BCUT2D eigenvalue weighted by molar-refractivity contribution is 7.87. The summed E-state index contributed by atoms with van der Waals surface area (Å²) in [7, 11) is -3.39. The molecule has 0 unspecified atom stereocenters. The van der Waals surface area contributed by atoms with E-state index in [1.54, 1.807) is 6.92 Å². The predicted molar refractivity (Wildman–Crippen MR) is 114 cm³/mol. The monoisotopic (exact) mass is 434 g/mol. The van der Waals surface area contributed by atoms with Gasteiger partial charge in [-0.2, -0.15) is 17.7 Å². The van der Waals surface area contributed by atoms with Gasteiger partial charge < -0.3 is 5.32 Å². The van der Waals surface area contributed by atoms with Crippen LogP contribution in [-0.4, -0.2) is 60.3 Å². The Morgan fingerprint density at radius 2 is 1.87 bits per heavy atom.